The van der Waals surface area contributed by atoms with Crippen molar-refractivity contribution in [2.75, 3.05) is 13.2 Å². The molecular formula is C15H17NO4. The first-order chi connectivity index (χ1) is 9.76. The number of aromatic nitrogens is 1. The lowest BCUT2D eigenvalue weighted by Gasteiger charge is -2.04. The summed E-state index contributed by atoms with van der Waals surface area (Å²) in [4.78, 5) is 11.5. The lowest BCUT2D eigenvalue weighted by molar-refractivity contribution is -0.142. The smallest absolute Gasteiger partial charge is 0.312 e. The maximum Gasteiger partial charge on any atom is 0.312 e. The highest BCUT2D eigenvalue weighted by Gasteiger charge is 2.22. The van der Waals surface area contributed by atoms with Crippen molar-refractivity contribution in [3.05, 3.63) is 23.9 Å². The third kappa shape index (κ3) is 2.92. The normalized spacial score (nSPS) is 14.4. The highest BCUT2D eigenvalue weighted by molar-refractivity contribution is 5.85. The maximum atomic E-state index is 11.5. The van der Waals surface area contributed by atoms with Gasteiger partial charge in [-0.15, -0.1) is 0 Å². The van der Waals surface area contributed by atoms with E-state index >= 15 is 0 Å². The van der Waals surface area contributed by atoms with Crippen LogP contribution in [0.15, 0.2) is 22.7 Å². The average Bonchev–Trinajstić information content (AvgIpc) is 3.19. The van der Waals surface area contributed by atoms with E-state index in [1.807, 2.05) is 18.2 Å². The molecule has 1 aliphatic rings. The molecule has 0 amide bonds. The molecule has 5 nitrogen and oxygen atoms in total. The van der Waals surface area contributed by atoms with E-state index in [9.17, 15) is 4.79 Å². The van der Waals surface area contributed by atoms with Crippen molar-refractivity contribution in [1.29, 1.82) is 0 Å². The van der Waals surface area contributed by atoms with Gasteiger partial charge in [0.1, 0.15) is 11.4 Å². The molecule has 3 rings (SSSR count). The Morgan fingerprint density at radius 3 is 3.05 bits per heavy atom. The molecule has 0 bridgehead atoms. The Morgan fingerprint density at radius 2 is 2.30 bits per heavy atom. The summed E-state index contributed by atoms with van der Waals surface area (Å²) in [7, 11) is 0. The summed E-state index contributed by atoms with van der Waals surface area (Å²) in [6, 6.07) is 5.58. The van der Waals surface area contributed by atoms with Crippen molar-refractivity contribution in [2.45, 2.75) is 26.2 Å². The topological polar surface area (TPSA) is 61.6 Å². The number of carbonyl (C=O) groups excluding carboxylic acids is 1. The fourth-order valence-corrected chi connectivity index (χ4v) is 2.03. The lowest BCUT2D eigenvalue weighted by Crippen LogP contribution is -2.07. The van der Waals surface area contributed by atoms with Crippen molar-refractivity contribution in [2.24, 2.45) is 5.92 Å². The molecule has 1 aromatic carbocycles. The Bertz CT molecular complexity index is 615. The quantitative estimate of drug-likeness (QED) is 0.758. The SMILES string of the molecule is CCOC(=O)Cc1noc2cc(OCC3CC3)ccc12. The summed E-state index contributed by atoms with van der Waals surface area (Å²) in [6.45, 7) is 2.91. The van der Waals surface area contributed by atoms with Crippen LogP contribution in [0.1, 0.15) is 25.5 Å². The molecule has 0 aliphatic heterocycles. The number of nitrogens with zero attached hydrogens (tertiary/aromatic N) is 1. The van der Waals surface area contributed by atoms with Gasteiger partial charge in [0.15, 0.2) is 5.58 Å². The van der Waals surface area contributed by atoms with Crippen LogP contribution in [0.2, 0.25) is 0 Å². The molecule has 5 heteroatoms. The molecule has 1 fully saturated rings. The van der Waals surface area contributed by atoms with Crippen LogP contribution >= 0.6 is 0 Å². The maximum absolute atomic E-state index is 11.5. The molecule has 0 unspecified atom stereocenters. The highest BCUT2D eigenvalue weighted by atomic mass is 16.5. The van der Waals surface area contributed by atoms with E-state index in [0.29, 0.717) is 23.8 Å². The zero-order chi connectivity index (χ0) is 13.9. The Morgan fingerprint density at radius 1 is 1.45 bits per heavy atom. The number of carbonyl (C=O) groups is 1. The van der Waals surface area contributed by atoms with E-state index in [-0.39, 0.29) is 12.4 Å². The summed E-state index contributed by atoms with van der Waals surface area (Å²) < 4.78 is 15.9. The van der Waals surface area contributed by atoms with Crippen LogP contribution < -0.4 is 4.74 Å². The van der Waals surface area contributed by atoms with E-state index in [1.54, 1.807) is 6.92 Å². The molecule has 1 saturated carbocycles. The fourth-order valence-electron chi connectivity index (χ4n) is 2.03. The number of hydrogen-bond donors (Lipinski definition) is 0. The van der Waals surface area contributed by atoms with E-state index < -0.39 is 0 Å². The van der Waals surface area contributed by atoms with Gasteiger partial charge in [-0.3, -0.25) is 4.79 Å². The molecule has 1 aliphatic carbocycles. The molecule has 2 aromatic rings. The van der Waals surface area contributed by atoms with Crippen molar-refractivity contribution in [3.63, 3.8) is 0 Å². The van der Waals surface area contributed by atoms with Crippen molar-refractivity contribution in [3.8, 4) is 5.75 Å². The summed E-state index contributed by atoms with van der Waals surface area (Å²) in [5.41, 5.74) is 1.24. The number of ether oxygens (including phenoxy) is 2. The monoisotopic (exact) mass is 275 g/mol. The summed E-state index contributed by atoms with van der Waals surface area (Å²) >= 11 is 0. The van der Waals surface area contributed by atoms with Gasteiger partial charge >= 0.3 is 5.97 Å². The minimum atomic E-state index is -0.295. The molecule has 0 spiro atoms. The Labute approximate surface area is 116 Å². The van der Waals surface area contributed by atoms with Crippen LogP contribution in [-0.4, -0.2) is 24.3 Å². The second kappa shape index (κ2) is 5.53. The predicted molar refractivity (Wildman–Crippen MR) is 72.6 cm³/mol. The van der Waals surface area contributed by atoms with Gasteiger partial charge in [0.05, 0.1) is 19.6 Å². The molecular weight excluding hydrogens is 258 g/mol. The van der Waals surface area contributed by atoms with Crippen LogP contribution in [0.25, 0.3) is 11.0 Å². The standard InChI is InChI=1S/C15H17NO4/c1-2-18-15(17)8-13-12-6-5-11(7-14(12)20-16-13)19-9-10-3-4-10/h5-7,10H,2-4,8-9H2,1H3. The van der Waals surface area contributed by atoms with Crippen LogP contribution in [0, 0.1) is 5.92 Å². The summed E-state index contributed by atoms with van der Waals surface area (Å²) in [6.07, 6.45) is 2.64. The second-order valence-electron chi connectivity index (χ2n) is 5.02. The number of rotatable bonds is 6. The number of fused-ring (bicyclic) bond motifs is 1. The minimum absolute atomic E-state index is 0.128. The molecule has 1 heterocycles. The molecule has 1 aromatic heterocycles. The van der Waals surface area contributed by atoms with Gasteiger partial charge in [-0.1, -0.05) is 5.16 Å². The third-order valence-electron chi connectivity index (χ3n) is 3.32. The summed E-state index contributed by atoms with van der Waals surface area (Å²) in [5, 5.41) is 4.77. The van der Waals surface area contributed by atoms with Gasteiger partial charge in [0, 0.05) is 11.5 Å². The first kappa shape index (κ1) is 13.0. The van der Waals surface area contributed by atoms with Gasteiger partial charge < -0.3 is 14.0 Å². The van der Waals surface area contributed by atoms with Gasteiger partial charge in [0.25, 0.3) is 0 Å². The van der Waals surface area contributed by atoms with Crippen molar-refractivity contribution < 1.29 is 18.8 Å². The van der Waals surface area contributed by atoms with Crippen LogP contribution in [0.3, 0.4) is 0 Å². The van der Waals surface area contributed by atoms with E-state index in [0.717, 1.165) is 17.7 Å². The molecule has 106 valence electrons. The second-order valence-corrected chi connectivity index (χ2v) is 5.02. The number of esters is 1. The zero-order valence-electron chi connectivity index (χ0n) is 11.4. The van der Waals surface area contributed by atoms with Crippen molar-refractivity contribution in [1.82, 2.24) is 5.16 Å². The van der Waals surface area contributed by atoms with E-state index in [1.165, 1.54) is 12.8 Å². The zero-order valence-corrected chi connectivity index (χ0v) is 11.4. The highest BCUT2D eigenvalue weighted by Crippen LogP contribution is 2.30. The van der Waals surface area contributed by atoms with Crippen LogP contribution in [0.4, 0.5) is 0 Å². The number of benzene rings is 1. The van der Waals surface area contributed by atoms with Crippen molar-refractivity contribution >= 4 is 16.9 Å². The molecule has 20 heavy (non-hydrogen) atoms. The lowest BCUT2D eigenvalue weighted by atomic mass is 10.1. The summed E-state index contributed by atoms with van der Waals surface area (Å²) in [5.74, 6) is 1.19. The Hall–Kier alpha value is -2.04. The first-order valence-electron chi connectivity index (χ1n) is 6.93. The van der Waals surface area contributed by atoms with E-state index in [4.69, 9.17) is 14.0 Å². The van der Waals surface area contributed by atoms with Crippen LogP contribution in [-0.2, 0) is 16.0 Å². The average molecular weight is 275 g/mol. The predicted octanol–water partition coefficient (Wildman–Crippen LogP) is 2.72. The van der Waals surface area contributed by atoms with Crippen LogP contribution in [0.5, 0.6) is 5.75 Å². The van der Waals surface area contributed by atoms with Gasteiger partial charge in [0.2, 0.25) is 0 Å². The first-order valence-corrected chi connectivity index (χ1v) is 6.93. The van der Waals surface area contributed by atoms with Gasteiger partial charge in [-0.2, -0.15) is 0 Å². The largest absolute Gasteiger partial charge is 0.493 e. The van der Waals surface area contributed by atoms with Gasteiger partial charge in [-0.05, 0) is 37.8 Å². The minimum Gasteiger partial charge on any atom is -0.493 e. The fraction of sp³-hybridized carbons (Fsp3) is 0.467. The molecule has 0 saturated heterocycles. The molecule has 0 radical (unpaired) electrons. The Balaban J connectivity index is 1.73. The number of hydrogen-bond acceptors (Lipinski definition) is 5. The third-order valence-corrected chi connectivity index (χ3v) is 3.32. The molecule has 0 N–H and O–H groups in total. The van der Waals surface area contributed by atoms with Gasteiger partial charge in [-0.25, -0.2) is 0 Å². The Kier molecular flexibility index (Phi) is 3.58. The van der Waals surface area contributed by atoms with E-state index in [2.05, 4.69) is 5.16 Å². The molecule has 0 atom stereocenters.